The van der Waals surface area contributed by atoms with Crippen molar-refractivity contribution >= 4 is 38.1 Å². The highest BCUT2D eigenvalue weighted by atomic mass is 32.2. The summed E-state index contributed by atoms with van der Waals surface area (Å²) in [7, 11) is -2.13. The fraction of sp³-hybridized carbons (Fsp3) is 0.296. The number of hydrogen-bond donors (Lipinski definition) is 2. The van der Waals surface area contributed by atoms with E-state index in [0.717, 1.165) is 4.57 Å². The summed E-state index contributed by atoms with van der Waals surface area (Å²) < 4.78 is 45.3. The molecule has 1 aliphatic carbocycles. The molecule has 0 atom stereocenters. The first-order valence-electron chi connectivity index (χ1n) is 12.5. The number of hydrogen-bond acceptors (Lipinski definition) is 6. The molecule has 10 nitrogen and oxygen atoms in total. The normalized spacial score (nSPS) is 13.6. The fourth-order valence-corrected chi connectivity index (χ4v) is 5.29. The molecule has 0 bridgehead atoms. The Morgan fingerprint density at radius 3 is 2.38 bits per heavy atom. The smallest absolute Gasteiger partial charge is 0.336 e. The molecule has 1 saturated carbocycles. The lowest BCUT2D eigenvalue weighted by Gasteiger charge is -2.21. The maximum Gasteiger partial charge on any atom is 0.336 e. The van der Waals surface area contributed by atoms with Gasteiger partial charge in [-0.25, -0.2) is 17.6 Å². The average molecular weight is 554 g/mol. The third-order valence-electron chi connectivity index (χ3n) is 6.89. The quantitative estimate of drug-likeness (QED) is 0.361. The second-order valence-corrected chi connectivity index (χ2v) is 11.8. The summed E-state index contributed by atoms with van der Waals surface area (Å²) in [4.78, 5) is 41.1. The van der Waals surface area contributed by atoms with Crippen molar-refractivity contribution in [3.05, 3.63) is 90.6 Å². The van der Waals surface area contributed by atoms with Crippen LogP contribution in [-0.4, -0.2) is 27.9 Å². The van der Waals surface area contributed by atoms with Crippen LogP contribution in [0.15, 0.2) is 56.8 Å². The SMILES string of the molecule is CCS(=O)(=O)Nc1cccc(-n2c(=O)n(C3CC3)c(=O)c3c(Nc4ccc(C)cc4F)n(C)c(=O)c(C)c32)c1. The minimum atomic E-state index is -3.60. The molecule has 2 aromatic heterocycles. The van der Waals surface area contributed by atoms with Gasteiger partial charge in [-0.15, -0.1) is 0 Å². The van der Waals surface area contributed by atoms with E-state index in [2.05, 4.69) is 10.0 Å². The topological polar surface area (TPSA) is 124 Å². The number of nitrogens with zero attached hydrogens (tertiary/aromatic N) is 3. The van der Waals surface area contributed by atoms with Crippen molar-refractivity contribution in [2.24, 2.45) is 7.05 Å². The van der Waals surface area contributed by atoms with Crippen molar-refractivity contribution in [1.29, 1.82) is 0 Å². The number of aryl methyl sites for hydroxylation is 2. The lowest BCUT2D eigenvalue weighted by molar-refractivity contribution is 0.602. The molecule has 0 radical (unpaired) electrons. The van der Waals surface area contributed by atoms with E-state index >= 15 is 0 Å². The molecule has 4 aromatic rings. The Labute approximate surface area is 223 Å². The molecule has 2 N–H and O–H groups in total. The molecule has 0 saturated heterocycles. The first-order chi connectivity index (χ1) is 18.4. The monoisotopic (exact) mass is 553 g/mol. The molecule has 2 aromatic carbocycles. The zero-order valence-electron chi connectivity index (χ0n) is 21.9. The van der Waals surface area contributed by atoms with E-state index < -0.39 is 32.6 Å². The molecule has 0 amide bonds. The molecule has 2 heterocycles. The molecule has 1 aliphatic rings. The Hall–Kier alpha value is -4.19. The van der Waals surface area contributed by atoms with Gasteiger partial charge >= 0.3 is 5.69 Å². The summed E-state index contributed by atoms with van der Waals surface area (Å²) >= 11 is 0. The second kappa shape index (κ2) is 9.53. The van der Waals surface area contributed by atoms with Crippen molar-refractivity contribution in [1.82, 2.24) is 13.7 Å². The molecule has 0 unspecified atom stereocenters. The van der Waals surface area contributed by atoms with Crippen LogP contribution >= 0.6 is 0 Å². The lowest BCUT2D eigenvalue weighted by Crippen LogP contribution is -2.41. The van der Waals surface area contributed by atoms with Crippen molar-refractivity contribution in [3.8, 4) is 5.69 Å². The van der Waals surface area contributed by atoms with E-state index in [1.165, 1.54) is 48.2 Å². The molecule has 0 aliphatic heterocycles. The molecule has 5 rings (SSSR count). The zero-order valence-corrected chi connectivity index (χ0v) is 22.7. The van der Waals surface area contributed by atoms with E-state index in [4.69, 9.17) is 0 Å². The zero-order chi connectivity index (χ0) is 28.2. The van der Waals surface area contributed by atoms with Crippen molar-refractivity contribution < 1.29 is 12.8 Å². The van der Waals surface area contributed by atoms with Gasteiger partial charge in [0.25, 0.3) is 11.1 Å². The van der Waals surface area contributed by atoms with Crippen molar-refractivity contribution in [3.63, 3.8) is 0 Å². The van der Waals surface area contributed by atoms with Crippen LogP contribution in [0.4, 0.5) is 21.6 Å². The van der Waals surface area contributed by atoms with Crippen molar-refractivity contribution in [2.45, 2.75) is 39.7 Å². The van der Waals surface area contributed by atoms with Crippen LogP contribution < -0.4 is 26.8 Å². The molecular weight excluding hydrogens is 525 g/mol. The van der Waals surface area contributed by atoms with E-state index in [9.17, 15) is 27.2 Å². The minimum Gasteiger partial charge on any atom is -0.338 e. The first-order valence-corrected chi connectivity index (χ1v) is 14.1. The number of halogens is 1. The molecule has 12 heteroatoms. The van der Waals surface area contributed by atoms with Crippen LogP contribution in [0.1, 0.15) is 36.9 Å². The van der Waals surface area contributed by atoms with E-state index in [-0.39, 0.29) is 51.1 Å². The standard InChI is InChI=1S/C27H28FN5O5S/c1-5-39(37,38)30-17-7-6-8-19(14-17)32-23-16(3)25(34)31(4)24(29-21-12-9-15(2)13-20(21)28)22(23)26(35)33(27(32)36)18-10-11-18/h6-9,12-14,18,29-30H,5,10-11H2,1-4H3. The first kappa shape index (κ1) is 26.4. The van der Waals surface area contributed by atoms with Gasteiger partial charge in [-0.1, -0.05) is 12.1 Å². The number of aromatic nitrogens is 3. The van der Waals surface area contributed by atoms with Crippen LogP contribution in [0.3, 0.4) is 0 Å². The van der Waals surface area contributed by atoms with Gasteiger partial charge in [-0.05, 0) is 69.5 Å². The molecule has 39 heavy (non-hydrogen) atoms. The summed E-state index contributed by atoms with van der Waals surface area (Å²) in [5.41, 5.74) is -0.276. The van der Waals surface area contributed by atoms with E-state index in [1.807, 2.05) is 0 Å². The van der Waals surface area contributed by atoms with Gasteiger partial charge in [0.05, 0.1) is 28.3 Å². The summed E-state index contributed by atoms with van der Waals surface area (Å²) in [6.07, 6.45) is 1.27. The van der Waals surface area contributed by atoms with E-state index in [1.54, 1.807) is 31.2 Å². The number of sulfonamides is 1. The van der Waals surface area contributed by atoms with Crippen LogP contribution in [0, 0.1) is 19.7 Å². The van der Waals surface area contributed by atoms with Crippen LogP contribution in [-0.2, 0) is 17.1 Å². The predicted octanol–water partition coefficient (Wildman–Crippen LogP) is 3.45. The van der Waals surface area contributed by atoms with E-state index in [0.29, 0.717) is 18.4 Å². The molecule has 0 spiro atoms. The Morgan fingerprint density at radius 1 is 1.03 bits per heavy atom. The third kappa shape index (κ3) is 4.65. The number of rotatable bonds is 7. The Morgan fingerprint density at radius 2 is 1.74 bits per heavy atom. The van der Waals surface area contributed by atoms with Gasteiger partial charge in [0.1, 0.15) is 17.0 Å². The summed E-state index contributed by atoms with van der Waals surface area (Å²) in [5.74, 6) is -0.672. The molecular formula is C27H28FN5O5S. The van der Waals surface area contributed by atoms with Crippen molar-refractivity contribution in [2.75, 3.05) is 15.8 Å². The largest absolute Gasteiger partial charge is 0.338 e. The maximum atomic E-state index is 14.8. The predicted molar refractivity (Wildman–Crippen MR) is 150 cm³/mol. The van der Waals surface area contributed by atoms with Gasteiger partial charge in [-0.3, -0.25) is 28.0 Å². The maximum absolute atomic E-state index is 14.8. The average Bonchev–Trinajstić information content (AvgIpc) is 3.71. The molecule has 1 fully saturated rings. The van der Waals surface area contributed by atoms with Gasteiger partial charge in [0.2, 0.25) is 10.0 Å². The fourth-order valence-electron chi connectivity index (χ4n) is 4.66. The minimum absolute atomic E-state index is 0.0411. The highest BCUT2D eigenvalue weighted by Gasteiger charge is 2.31. The summed E-state index contributed by atoms with van der Waals surface area (Å²) in [5, 5.41) is 2.96. The van der Waals surface area contributed by atoms with Crippen LogP contribution in [0.2, 0.25) is 0 Å². The van der Waals surface area contributed by atoms with Gasteiger partial charge < -0.3 is 5.32 Å². The van der Waals surface area contributed by atoms with Crippen LogP contribution in [0.25, 0.3) is 16.6 Å². The Kier molecular flexibility index (Phi) is 6.45. The number of benzene rings is 2. The highest BCUT2D eigenvalue weighted by Crippen LogP contribution is 2.34. The Balaban J connectivity index is 1.88. The van der Waals surface area contributed by atoms with Crippen LogP contribution in [0.5, 0.6) is 0 Å². The highest BCUT2D eigenvalue weighted by molar-refractivity contribution is 7.92. The number of anilines is 3. The number of nitrogens with one attached hydrogen (secondary N) is 2. The Bertz CT molecular complexity index is 1940. The number of pyridine rings is 1. The summed E-state index contributed by atoms with van der Waals surface area (Å²) in [6, 6.07) is 10.4. The lowest BCUT2D eigenvalue weighted by atomic mass is 10.1. The van der Waals surface area contributed by atoms with Gasteiger partial charge in [0, 0.05) is 18.7 Å². The van der Waals surface area contributed by atoms with Gasteiger partial charge in [0.15, 0.2) is 0 Å². The second-order valence-electron chi connectivity index (χ2n) is 9.75. The molecule has 204 valence electrons. The number of fused-ring (bicyclic) bond motifs is 1. The summed E-state index contributed by atoms with van der Waals surface area (Å²) in [6.45, 7) is 4.76. The van der Waals surface area contributed by atoms with Gasteiger partial charge in [-0.2, -0.15) is 0 Å². The third-order valence-corrected chi connectivity index (χ3v) is 8.20.